The first-order chi connectivity index (χ1) is 8.83. The largest absolute Gasteiger partial charge is 0.494 e. The Hall–Kier alpha value is -1.46. The lowest BCUT2D eigenvalue weighted by Crippen LogP contribution is -2.04. The lowest BCUT2D eigenvalue weighted by Gasteiger charge is -2.04. The zero-order valence-corrected chi connectivity index (χ0v) is 11.5. The second-order valence-electron chi connectivity index (χ2n) is 3.91. The molecule has 4 nitrogen and oxygen atoms in total. The molecule has 0 aliphatic rings. The van der Waals surface area contributed by atoms with Gasteiger partial charge in [-0.15, -0.1) is 10.2 Å². The van der Waals surface area contributed by atoms with Crippen LogP contribution < -0.4 is 10.1 Å². The Bertz CT molecular complexity index is 498. The smallest absolute Gasteiger partial charge is 0.147 e. The van der Waals surface area contributed by atoms with Crippen molar-refractivity contribution in [1.82, 2.24) is 15.5 Å². The SMILES string of the molecule is CCCOc1cccc(-c2nnc(CNC)s2)c1. The van der Waals surface area contributed by atoms with Crippen LogP contribution in [0.5, 0.6) is 5.75 Å². The van der Waals surface area contributed by atoms with E-state index in [9.17, 15) is 0 Å². The van der Waals surface area contributed by atoms with Crippen molar-refractivity contribution in [1.29, 1.82) is 0 Å². The van der Waals surface area contributed by atoms with E-state index in [1.54, 1.807) is 11.3 Å². The summed E-state index contributed by atoms with van der Waals surface area (Å²) in [7, 11) is 1.90. The van der Waals surface area contributed by atoms with Gasteiger partial charge in [-0.3, -0.25) is 0 Å². The number of benzene rings is 1. The van der Waals surface area contributed by atoms with Gasteiger partial charge in [-0.2, -0.15) is 0 Å². The average Bonchev–Trinajstić information content (AvgIpc) is 2.86. The van der Waals surface area contributed by atoms with E-state index < -0.39 is 0 Å². The van der Waals surface area contributed by atoms with Gasteiger partial charge in [0.25, 0.3) is 0 Å². The van der Waals surface area contributed by atoms with E-state index >= 15 is 0 Å². The number of ether oxygens (including phenoxy) is 1. The molecular weight excluding hydrogens is 246 g/mol. The molecule has 0 amide bonds. The van der Waals surface area contributed by atoms with Crippen molar-refractivity contribution in [2.45, 2.75) is 19.9 Å². The molecule has 2 rings (SSSR count). The van der Waals surface area contributed by atoms with Gasteiger partial charge >= 0.3 is 0 Å². The van der Waals surface area contributed by atoms with Gasteiger partial charge in [0.15, 0.2) is 0 Å². The molecule has 1 aromatic carbocycles. The first kappa shape index (κ1) is 13.0. The topological polar surface area (TPSA) is 47.0 Å². The second-order valence-corrected chi connectivity index (χ2v) is 4.97. The number of hydrogen-bond donors (Lipinski definition) is 1. The summed E-state index contributed by atoms with van der Waals surface area (Å²) in [5.41, 5.74) is 1.06. The van der Waals surface area contributed by atoms with Gasteiger partial charge in [0.05, 0.1) is 6.61 Å². The molecule has 0 saturated carbocycles. The summed E-state index contributed by atoms with van der Waals surface area (Å²) >= 11 is 1.60. The molecule has 2 aromatic rings. The first-order valence-corrected chi connectivity index (χ1v) is 6.85. The van der Waals surface area contributed by atoms with Crippen LogP contribution in [0.15, 0.2) is 24.3 Å². The number of nitrogens with one attached hydrogen (secondary N) is 1. The van der Waals surface area contributed by atoms with Crippen LogP contribution in [0.1, 0.15) is 18.4 Å². The van der Waals surface area contributed by atoms with E-state index in [1.807, 2.05) is 31.3 Å². The summed E-state index contributed by atoms with van der Waals surface area (Å²) in [5, 5.41) is 13.3. The number of hydrogen-bond acceptors (Lipinski definition) is 5. The maximum Gasteiger partial charge on any atom is 0.147 e. The van der Waals surface area contributed by atoms with Gasteiger partial charge in [-0.05, 0) is 25.6 Å². The van der Waals surface area contributed by atoms with Crippen molar-refractivity contribution in [3.8, 4) is 16.3 Å². The highest BCUT2D eigenvalue weighted by atomic mass is 32.1. The van der Waals surface area contributed by atoms with E-state index in [0.29, 0.717) is 0 Å². The minimum Gasteiger partial charge on any atom is -0.494 e. The van der Waals surface area contributed by atoms with Crippen molar-refractivity contribution in [3.63, 3.8) is 0 Å². The zero-order valence-electron chi connectivity index (χ0n) is 10.6. The van der Waals surface area contributed by atoms with Crippen LogP contribution in [-0.4, -0.2) is 23.9 Å². The molecule has 0 radical (unpaired) electrons. The molecule has 18 heavy (non-hydrogen) atoms. The summed E-state index contributed by atoms with van der Waals surface area (Å²) in [6.45, 7) is 3.59. The first-order valence-electron chi connectivity index (χ1n) is 6.03. The molecule has 0 bridgehead atoms. The van der Waals surface area contributed by atoms with E-state index in [2.05, 4.69) is 22.4 Å². The maximum absolute atomic E-state index is 5.62. The molecule has 0 spiro atoms. The van der Waals surface area contributed by atoms with Crippen molar-refractivity contribution >= 4 is 11.3 Å². The van der Waals surface area contributed by atoms with Crippen LogP contribution in [0.4, 0.5) is 0 Å². The molecule has 96 valence electrons. The van der Waals surface area contributed by atoms with Crippen molar-refractivity contribution in [2.24, 2.45) is 0 Å². The molecule has 0 unspecified atom stereocenters. The fourth-order valence-electron chi connectivity index (χ4n) is 1.53. The highest BCUT2D eigenvalue weighted by Crippen LogP contribution is 2.26. The lowest BCUT2D eigenvalue weighted by molar-refractivity contribution is 0.317. The quantitative estimate of drug-likeness (QED) is 0.870. The van der Waals surface area contributed by atoms with Gasteiger partial charge in [0.2, 0.25) is 0 Å². The minimum atomic E-state index is 0.741. The molecule has 0 aliphatic carbocycles. The molecule has 0 fully saturated rings. The Kier molecular flexibility index (Phi) is 4.66. The minimum absolute atomic E-state index is 0.741. The third-order valence-electron chi connectivity index (χ3n) is 2.35. The number of nitrogens with zero attached hydrogens (tertiary/aromatic N) is 2. The van der Waals surface area contributed by atoms with E-state index in [4.69, 9.17) is 4.74 Å². The van der Waals surface area contributed by atoms with Gasteiger partial charge in [0, 0.05) is 12.1 Å². The van der Waals surface area contributed by atoms with Gasteiger partial charge < -0.3 is 10.1 Å². The Morgan fingerprint density at radius 3 is 3.00 bits per heavy atom. The van der Waals surface area contributed by atoms with Crippen LogP contribution in [0, 0.1) is 0 Å². The molecule has 1 heterocycles. The Labute approximate surface area is 111 Å². The Morgan fingerprint density at radius 1 is 1.33 bits per heavy atom. The molecule has 1 aromatic heterocycles. The van der Waals surface area contributed by atoms with Gasteiger partial charge in [-0.1, -0.05) is 30.4 Å². The van der Waals surface area contributed by atoms with E-state index in [1.165, 1.54) is 0 Å². The Morgan fingerprint density at radius 2 is 2.22 bits per heavy atom. The number of rotatable bonds is 6. The fourth-order valence-corrected chi connectivity index (χ4v) is 2.38. The van der Waals surface area contributed by atoms with Crippen LogP contribution in [-0.2, 0) is 6.54 Å². The van der Waals surface area contributed by atoms with Crippen molar-refractivity contribution in [2.75, 3.05) is 13.7 Å². The fraction of sp³-hybridized carbons (Fsp3) is 0.385. The van der Waals surface area contributed by atoms with Gasteiger partial charge in [-0.25, -0.2) is 0 Å². The highest BCUT2D eigenvalue weighted by Gasteiger charge is 2.06. The van der Waals surface area contributed by atoms with Crippen LogP contribution in [0.2, 0.25) is 0 Å². The van der Waals surface area contributed by atoms with Crippen LogP contribution >= 0.6 is 11.3 Å². The predicted molar refractivity (Wildman–Crippen MR) is 73.9 cm³/mol. The molecule has 1 N–H and O–H groups in total. The summed E-state index contributed by atoms with van der Waals surface area (Å²) in [5.74, 6) is 0.889. The predicted octanol–water partition coefficient (Wildman–Crippen LogP) is 2.71. The summed E-state index contributed by atoms with van der Waals surface area (Å²) in [6.07, 6.45) is 1.01. The molecule has 0 atom stereocenters. The third kappa shape index (κ3) is 3.27. The highest BCUT2D eigenvalue weighted by molar-refractivity contribution is 7.14. The lowest BCUT2D eigenvalue weighted by atomic mass is 10.2. The summed E-state index contributed by atoms with van der Waals surface area (Å²) < 4.78 is 5.62. The second kappa shape index (κ2) is 6.47. The third-order valence-corrected chi connectivity index (χ3v) is 3.32. The standard InChI is InChI=1S/C13H17N3OS/c1-3-7-17-11-6-4-5-10(8-11)13-16-15-12(18-13)9-14-2/h4-6,8,14H,3,7,9H2,1-2H3. The monoisotopic (exact) mass is 263 g/mol. The van der Waals surface area contributed by atoms with Crippen LogP contribution in [0.3, 0.4) is 0 Å². The Balaban J connectivity index is 2.15. The van der Waals surface area contributed by atoms with Crippen molar-refractivity contribution < 1.29 is 4.74 Å². The average molecular weight is 263 g/mol. The molecular formula is C13H17N3OS. The van der Waals surface area contributed by atoms with Crippen LogP contribution in [0.25, 0.3) is 10.6 Å². The normalized spacial score (nSPS) is 10.6. The van der Waals surface area contributed by atoms with E-state index in [-0.39, 0.29) is 0 Å². The van der Waals surface area contributed by atoms with Crippen molar-refractivity contribution in [3.05, 3.63) is 29.3 Å². The van der Waals surface area contributed by atoms with Gasteiger partial charge in [0.1, 0.15) is 15.8 Å². The zero-order chi connectivity index (χ0) is 12.8. The summed E-state index contributed by atoms with van der Waals surface area (Å²) in [4.78, 5) is 0. The molecule has 0 saturated heterocycles. The molecule has 0 aliphatic heterocycles. The number of aromatic nitrogens is 2. The summed E-state index contributed by atoms with van der Waals surface area (Å²) in [6, 6.07) is 8.00. The molecule has 5 heteroatoms. The van der Waals surface area contributed by atoms with E-state index in [0.717, 1.165) is 40.9 Å². The maximum atomic E-state index is 5.62.